The predicted octanol–water partition coefficient (Wildman–Crippen LogP) is 2.43. The molecular formula is C18H19N3NiO2. The molecule has 6 heteroatoms. The number of nitrogens with zero attached hydrogens (tertiary/aromatic N) is 1. The number of nitrogens with one attached hydrogen (secondary N) is 2. The molecule has 128 valence electrons. The molecule has 0 amide bonds. The van der Waals surface area contributed by atoms with Crippen LogP contribution in [0, 0.1) is 0 Å². The summed E-state index contributed by atoms with van der Waals surface area (Å²) in [5, 5.41) is 0. The first kappa shape index (κ1) is 19.6. The second-order valence-electron chi connectivity index (χ2n) is 5.34. The average molecular weight is 368 g/mol. The second kappa shape index (κ2) is 8.99. The Bertz CT molecular complexity index is 750. The van der Waals surface area contributed by atoms with Crippen LogP contribution in [0.1, 0.15) is 20.8 Å². The van der Waals surface area contributed by atoms with Gasteiger partial charge in [-0.25, -0.2) is 4.99 Å². The van der Waals surface area contributed by atoms with E-state index >= 15 is 0 Å². The Labute approximate surface area is 151 Å². The van der Waals surface area contributed by atoms with Crippen LogP contribution in [0.5, 0.6) is 0 Å². The fraction of sp³-hybridized carbons (Fsp3) is 0.167. The van der Waals surface area contributed by atoms with Gasteiger partial charge in [-0.3, -0.25) is 15.0 Å². The van der Waals surface area contributed by atoms with Crippen LogP contribution in [0.25, 0.3) is 0 Å². The van der Waals surface area contributed by atoms with Crippen molar-refractivity contribution >= 4 is 17.4 Å². The van der Waals surface area contributed by atoms with Gasteiger partial charge in [-0.15, -0.1) is 0 Å². The van der Waals surface area contributed by atoms with Crippen molar-refractivity contribution in [2.75, 3.05) is 0 Å². The first-order valence-corrected chi connectivity index (χ1v) is 7.23. The molecule has 0 saturated carbocycles. The summed E-state index contributed by atoms with van der Waals surface area (Å²) in [4.78, 5) is 27.5. The summed E-state index contributed by atoms with van der Waals surface area (Å²) in [7, 11) is 0. The Morgan fingerprint density at radius 1 is 0.958 bits per heavy atom. The third-order valence-corrected chi connectivity index (χ3v) is 3.21. The average Bonchev–Trinajstić information content (AvgIpc) is 2.51. The Morgan fingerprint density at radius 2 is 1.50 bits per heavy atom. The molecule has 2 aliphatic rings. The van der Waals surface area contributed by atoms with Gasteiger partial charge in [0.25, 0.3) is 0 Å². The zero-order valence-corrected chi connectivity index (χ0v) is 14.7. The number of aliphatic imine (C=N–C) groups is 1. The normalized spacial score (nSPS) is 20.7. The first-order valence-electron chi connectivity index (χ1n) is 7.23. The van der Waals surface area contributed by atoms with Gasteiger partial charge in [0, 0.05) is 40.0 Å². The Morgan fingerprint density at radius 3 is 2.12 bits per heavy atom. The minimum atomic E-state index is -0.0672. The molecule has 24 heavy (non-hydrogen) atoms. The molecule has 0 atom stereocenters. The Hall–Kier alpha value is -2.46. The van der Waals surface area contributed by atoms with Crippen LogP contribution in [0.4, 0.5) is 0 Å². The minimum Gasteiger partial charge on any atom is -0.306 e. The van der Waals surface area contributed by atoms with E-state index in [1.54, 1.807) is 37.4 Å². The smallest absolute Gasteiger partial charge is 0.187 e. The molecule has 2 aliphatic carbocycles. The van der Waals surface area contributed by atoms with E-state index in [1.165, 1.54) is 18.4 Å². The van der Waals surface area contributed by atoms with Crippen LogP contribution in [0.15, 0.2) is 76.1 Å². The quantitative estimate of drug-likeness (QED) is 0.264. The van der Waals surface area contributed by atoms with Gasteiger partial charge in [-0.2, -0.15) is 0 Å². The Kier molecular flexibility index (Phi) is 7.34. The molecule has 0 fully saturated rings. The van der Waals surface area contributed by atoms with Gasteiger partial charge >= 0.3 is 0 Å². The van der Waals surface area contributed by atoms with E-state index in [0.29, 0.717) is 17.0 Å². The maximum absolute atomic E-state index is 11.7. The fourth-order valence-corrected chi connectivity index (χ4v) is 1.97. The zero-order valence-electron chi connectivity index (χ0n) is 13.7. The summed E-state index contributed by atoms with van der Waals surface area (Å²) in [6, 6.07) is 0. The molecule has 0 radical (unpaired) electrons. The number of carbonyl (C=O) groups excluding carboxylic acids is 2. The van der Waals surface area contributed by atoms with Crippen molar-refractivity contribution in [2.45, 2.75) is 20.8 Å². The number of ketones is 2. The summed E-state index contributed by atoms with van der Waals surface area (Å²) in [6.45, 7) is 5.60. The van der Waals surface area contributed by atoms with Gasteiger partial charge in [-0.05, 0) is 45.1 Å². The number of hydrazine groups is 1. The van der Waals surface area contributed by atoms with Crippen LogP contribution in [-0.2, 0) is 26.1 Å². The van der Waals surface area contributed by atoms with Crippen molar-refractivity contribution in [3.8, 4) is 0 Å². The van der Waals surface area contributed by atoms with Gasteiger partial charge in [0.2, 0.25) is 0 Å². The SMILES string of the molecule is CC1=C/C(=C/N=C(C)NN/C=C2/C=C(C)C=CC2=O)C(=O)C=C1.[Ni]. The molecule has 0 aromatic rings. The Balaban J connectivity index is 0.00000288. The largest absolute Gasteiger partial charge is 0.306 e. The fourth-order valence-electron chi connectivity index (χ4n) is 1.97. The van der Waals surface area contributed by atoms with Crippen molar-refractivity contribution in [2.24, 2.45) is 4.99 Å². The molecular weight excluding hydrogens is 349 g/mol. The van der Waals surface area contributed by atoms with Crippen LogP contribution >= 0.6 is 0 Å². The molecule has 0 aliphatic heterocycles. The van der Waals surface area contributed by atoms with E-state index in [-0.39, 0.29) is 28.1 Å². The zero-order chi connectivity index (χ0) is 16.8. The summed E-state index contributed by atoms with van der Waals surface area (Å²) in [5.74, 6) is 0.450. The number of allylic oxidation sites excluding steroid dienone is 10. The molecule has 0 aromatic carbocycles. The number of amidine groups is 1. The maximum atomic E-state index is 11.7. The summed E-state index contributed by atoms with van der Waals surface area (Å²) < 4.78 is 0. The summed E-state index contributed by atoms with van der Waals surface area (Å²) >= 11 is 0. The molecule has 2 N–H and O–H groups in total. The third-order valence-electron chi connectivity index (χ3n) is 3.21. The van der Waals surface area contributed by atoms with Gasteiger partial charge in [0.15, 0.2) is 11.6 Å². The minimum absolute atomic E-state index is 0. The van der Waals surface area contributed by atoms with Gasteiger partial charge < -0.3 is 5.43 Å². The van der Waals surface area contributed by atoms with Crippen molar-refractivity contribution in [3.63, 3.8) is 0 Å². The van der Waals surface area contributed by atoms with E-state index < -0.39 is 0 Å². The number of rotatable bonds is 3. The molecule has 0 saturated heterocycles. The standard InChI is InChI=1S/C18H19N3O2.Ni/c1-12-4-6-17(22)15(8-12)10-19-14(3)21-20-11-16-9-13(2)5-7-18(16)23;/h4-11,20H,1-3H3,(H,19,21);/b15-10-,16-11-;. The molecule has 0 heterocycles. The summed E-state index contributed by atoms with van der Waals surface area (Å²) in [6.07, 6.45) is 13.3. The monoisotopic (exact) mass is 367 g/mol. The van der Waals surface area contributed by atoms with Gasteiger partial charge in [0.05, 0.1) is 0 Å². The molecule has 2 rings (SSSR count). The van der Waals surface area contributed by atoms with E-state index in [1.807, 2.05) is 13.8 Å². The van der Waals surface area contributed by atoms with Crippen LogP contribution in [0.2, 0.25) is 0 Å². The van der Waals surface area contributed by atoms with Gasteiger partial charge in [-0.1, -0.05) is 23.3 Å². The summed E-state index contributed by atoms with van der Waals surface area (Å²) in [5.41, 5.74) is 8.80. The molecule has 0 bridgehead atoms. The number of carbonyl (C=O) groups is 2. The number of hydrogen-bond donors (Lipinski definition) is 2. The van der Waals surface area contributed by atoms with E-state index in [9.17, 15) is 9.59 Å². The van der Waals surface area contributed by atoms with E-state index in [0.717, 1.165) is 11.1 Å². The molecule has 5 nitrogen and oxygen atoms in total. The van der Waals surface area contributed by atoms with Crippen LogP contribution in [0.3, 0.4) is 0 Å². The van der Waals surface area contributed by atoms with E-state index in [4.69, 9.17) is 0 Å². The first-order chi connectivity index (χ1) is 11.0. The molecule has 0 unspecified atom stereocenters. The van der Waals surface area contributed by atoms with E-state index in [2.05, 4.69) is 15.8 Å². The topological polar surface area (TPSA) is 70.6 Å². The van der Waals surface area contributed by atoms with Crippen LogP contribution < -0.4 is 10.9 Å². The third kappa shape index (κ3) is 5.63. The number of hydrogen-bond acceptors (Lipinski definition) is 4. The second-order valence-corrected chi connectivity index (χ2v) is 5.34. The van der Waals surface area contributed by atoms with Crippen molar-refractivity contribution < 1.29 is 26.1 Å². The van der Waals surface area contributed by atoms with Crippen LogP contribution in [-0.4, -0.2) is 17.4 Å². The predicted molar refractivity (Wildman–Crippen MR) is 91.4 cm³/mol. The van der Waals surface area contributed by atoms with Crippen molar-refractivity contribution in [1.29, 1.82) is 0 Å². The van der Waals surface area contributed by atoms with Crippen molar-refractivity contribution in [1.82, 2.24) is 10.9 Å². The maximum Gasteiger partial charge on any atom is 0.187 e. The molecule has 0 spiro atoms. The van der Waals surface area contributed by atoms with Gasteiger partial charge in [0.1, 0.15) is 5.84 Å². The molecule has 0 aromatic heterocycles. The van der Waals surface area contributed by atoms with Crippen molar-refractivity contribution in [3.05, 3.63) is 71.1 Å².